The summed E-state index contributed by atoms with van der Waals surface area (Å²) in [7, 11) is -1.94. The van der Waals surface area contributed by atoms with Crippen molar-refractivity contribution in [3.05, 3.63) is 0 Å². The number of nitrogens with one attached hydrogen (secondary N) is 2. The minimum absolute atomic E-state index is 0.0755. The highest BCUT2D eigenvalue weighted by molar-refractivity contribution is 7.89. The van der Waals surface area contributed by atoms with Crippen molar-refractivity contribution < 1.29 is 13.2 Å². The van der Waals surface area contributed by atoms with Gasteiger partial charge in [0.2, 0.25) is 15.9 Å². The van der Waals surface area contributed by atoms with Gasteiger partial charge in [0.15, 0.2) is 0 Å². The molecule has 0 saturated heterocycles. The van der Waals surface area contributed by atoms with Gasteiger partial charge in [-0.2, -0.15) is 0 Å². The molecule has 7 heteroatoms. The summed E-state index contributed by atoms with van der Waals surface area (Å²) < 4.78 is 24.3. The van der Waals surface area contributed by atoms with Crippen LogP contribution in [-0.4, -0.2) is 39.7 Å². The Labute approximate surface area is 97.0 Å². The zero-order valence-corrected chi connectivity index (χ0v) is 10.8. The van der Waals surface area contributed by atoms with Gasteiger partial charge in [-0.25, -0.2) is 13.1 Å². The molecule has 0 aliphatic heterocycles. The van der Waals surface area contributed by atoms with Gasteiger partial charge in [0.05, 0.1) is 11.8 Å². The van der Waals surface area contributed by atoms with Gasteiger partial charge < -0.3 is 11.1 Å². The zero-order chi connectivity index (χ0) is 12.8. The summed E-state index contributed by atoms with van der Waals surface area (Å²) in [5.74, 6) is -0.357. The van der Waals surface area contributed by atoms with Crippen molar-refractivity contribution in [2.75, 3.05) is 19.3 Å². The Balaban J connectivity index is 4.00. The van der Waals surface area contributed by atoms with E-state index < -0.39 is 16.1 Å². The summed E-state index contributed by atoms with van der Waals surface area (Å²) in [6.45, 7) is 3.91. The Hall–Kier alpha value is -0.660. The summed E-state index contributed by atoms with van der Waals surface area (Å²) >= 11 is 0. The van der Waals surface area contributed by atoms with Crippen LogP contribution in [0.3, 0.4) is 0 Å². The largest absolute Gasteiger partial charge is 0.354 e. The van der Waals surface area contributed by atoms with Crippen molar-refractivity contribution in [1.82, 2.24) is 10.0 Å². The molecule has 1 amide bonds. The van der Waals surface area contributed by atoms with Crippen LogP contribution in [0.1, 0.15) is 20.3 Å². The van der Waals surface area contributed by atoms with Crippen molar-refractivity contribution in [1.29, 1.82) is 0 Å². The topological polar surface area (TPSA) is 101 Å². The summed E-state index contributed by atoms with van der Waals surface area (Å²) in [6.07, 6.45) is 0.809. The number of sulfonamides is 1. The molecule has 4 N–H and O–H groups in total. The van der Waals surface area contributed by atoms with E-state index in [-0.39, 0.29) is 24.1 Å². The Morgan fingerprint density at radius 3 is 2.44 bits per heavy atom. The molecule has 0 saturated carbocycles. The third-order valence-corrected chi connectivity index (χ3v) is 3.90. The molecule has 0 aliphatic carbocycles. The van der Waals surface area contributed by atoms with Gasteiger partial charge in [0, 0.05) is 6.54 Å². The maximum atomic E-state index is 11.5. The van der Waals surface area contributed by atoms with Crippen molar-refractivity contribution in [3.63, 3.8) is 0 Å². The molecule has 6 nitrogen and oxygen atoms in total. The lowest BCUT2D eigenvalue weighted by molar-refractivity contribution is -0.123. The minimum Gasteiger partial charge on any atom is -0.354 e. The SMILES string of the molecule is CCC(C)C(N)C(=O)NCCS(=O)(=O)NC. The summed E-state index contributed by atoms with van der Waals surface area (Å²) in [6, 6.07) is -0.581. The maximum Gasteiger partial charge on any atom is 0.237 e. The van der Waals surface area contributed by atoms with Gasteiger partial charge in [-0.1, -0.05) is 20.3 Å². The molecule has 2 unspecified atom stereocenters. The van der Waals surface area contributed by atoms with Gasteiger partial charge in [-0.15, -0.1) is 0 Å². The van der Waals surface area contributed by atoms with Crippen LogP contribution in [0.5, 0.6) is 0 Å². The van der Waals surface area contributed by atoms with Gasteiger partial charge in [0.25, 0.3) is 0 Å². The number of hydrogen-bond acceptors (Lipinski definition) is 4. The van der Waals surface area contributed by atoms with E-state index in [9.17, 15) is 13.2 Å². The summed E-state index contributed by atoms with van der Waals surface area (Å²) in [5, 5.41) is 2.50. The van der Waals surface area contributed by atoms with Crippen LogP contribution < -0.4 is 15.8 Å². The molecule has 0 aliphatic rings. The lowest BCUT2D eigenvalue weighted by Gasteiger charge is -2.17. The Morgan fingerprint density at radius 1 is 1.44 bits per heavy atom. The number of carbonyl (C=O) groups is 1. The van der Waals surface area contributed by atoms with Crippen molar-refractivity contribution in [3.8, 4) is 0 Å². The second kappa shape index (κ2) is 6.82. The smallest absolute Gasteiger partial charge is 0.237 e. The molecule has 0 aromatic heterocycles. The number of amides is 1. The molecule has 16 heavy (non-hydrogen) atoms. The number of hydrogen-bond donors (Lipinski definition) is 3. The van der Waals surface area contributed by atoms with Gasteiger partial charge in [-0.05, 0) is 13.0 Å². The highest BCUT2D eigenvalue weighted by Crippen LogP contribution is 2.04. The quantitative estimate of drug-likeness (QED) is 0.541. The van der Waals surface area contributed by atoms with Gasteiger partial charge >= 0.3 is 0 Å². The number of carbonyl (C=O) groups excluding carboxylic acids is 1. The third kappa shape index (κ3) is 5.43. The first-order valence-electron chi connectivity index (χ1n) is 5.28. The van der Waals surface area contributed by atoms with E-state index in [2.05, 4.69) is 10.0 Å². The molecule has 0 radical (unpaired) electrons. The van der Waals surface area contributed by atoms with E-state index in [1.807, 2.05) is 13.8 Å². The monoisotopic (exact) mass is 251 g/mol. The first kappa shape index (κ1) is 15.3. The summed E-state index contributed by atoms with van der Waals surface area (Å²) in [5.41, 5.74) is 5.68. The molecule has 2 atom stereocenters. The molecule has 0 fully saturated rings. The van der Waals surface area contributed by atoms with Crippen LogP contribution in [0.25, 0.3) is 0 Å². The Kier molecular flexibility index (Phi) is 6.54. The van der Waals surface area contributed by atoms with Crippen molar-refractivity contribution in [2.24, 2.45) is 11.7 Å². The fourth-order valence-electron chi connectivity index (χ4n) is 1.04. The number of nitrogens with two attached hydrogens (primary N) is 1. The standard InChI is InChI=1S/C9H21N3O3S/c1-4-7(2)8(10)9(13)12-5-6-16(14,15)11-3/h7-8,11H,4-6,10H2,1-3H3,(H,12,13). The predicted molar refractivity (Wildman–Crippen MR) is 63.3 cm³/mol. The van der Waals surface area contributed by atoms with Crippen LogP contribution in [0.2, 0.25) is 0 Å². The normalized spacial score (nSPS) is 15.5. The molecule has 0 bridgehead atoms. The fourth-order valence-corrected chi connectivity index (χ4v) is 1.62. The van der Waals surface area contributed by atoms with E-state index in [1.54, 1.807) is 0 Å². The first-order chi connectivity index (χ1) is 7.34. The second-order valence-corrected chi connectivity index (χ2v) is 5.77. The van der Waals surface area contributed by atoms with E-state index >= 15 is 0 Å². The number of rotatable bonds is 7. The van der Waals surface area contributed by atoms with Crippen LogP contribution >= 0.6 is 0 Å². The van der Waals surface area contributed by atoms with E-state index in [4.69, 9.17) is 5.73 Å². The molecular formula is C9H21N3O3S. The molecule has 0 rings (SSSR count). The van der Waals surface area contributed by atoms with Crippen LogP contribution in [-0.2, 0) is 14.8 Å². The van der Waals surface area contributed by atoms with Gasteiger partial charge in [0.1, 0.15) is 0 Å². The molecule has 0 aromatic carbocycles. The average Bonchev–Trinajstić information content (AvgIpc) is 2.26. The highest BCUT2D eigenvalue weighted by Gasteiger charge is 2.19. The zero-order valence-electron chi connectivity index (χ0n) is 9.99. The first-order valence-corrected chi connectivity index (χ1v) is 6.93. The average molecular weight is 251 g/mol. The molecule has 0 aromatic rings. The van der Waals surface area contributed by atoms with Crippen molar-refractivity contribution >= 4 is 15.9 Å². The third-order valence-electron chi connectivity index (χ3n) is 2.54. The molecule has 96 valence electrons. The second-order valence-electron chi connectivity index (χ2n) is 3.73. The fraction of sp³-hybridized carbons (Fsp3) is 0.889. The predicted octanol–water partition coefficient (Wildman–Crippen LogP) is -0.975. The Morgan fingerprint density at radius 2 is 2.00 bits per heavy atom. The molecule has 0 spiro atoms. The molecule has 0 heterocycles. The van der Waals surface area contributed by atoms with Crippen molar-refractivity contribution in [2.45, 2.75) is 26.3 Å². The maximum absolute atomic E-state index is 11.5. The lowest BCUT2D eigenvalue weighted by atomic mass is 9.99. The minimum atomic E-state index is -3.27. The Bertz CT molecular complexity index is 316. The molecular weight excluding hydrogens is 230 g/mol. The van der Waals surface area contributed by atoms with Crippen LogP contribution in [0.4, 0.5) is 0 Å². The van der Waals surface area contributed by atoms with E-state index in [0.29, 0.717) is 0 Å². The van der Waals surface area contributed by atoms with E-state index in [1.165, 1.54) is 7.05 Å². The van der Waals surface area contributed by atoms with Gasteiger partial charge in [-0.3, -0.25) is 4.79 Å². The van der Waals surface area contributed by atoms with Crippen LogP contribution in [0.15, 0.2) is 0 Å². The van der Waals surface area contributed by atoms with Crippen LogP contribution in [0, 0.1) is 5.92 Å². The highest BCUT2D eigenvalue weighted by atomic mass is 32.2. The van der Waals surface area contributed by atoms with E-state index in [0.717, 1.165) is 6.42 Å². The lowest BCUT2D eigenvalue weighted by Crippen LogP contribution is -2.46. The summed E-state index contributed by atoms with van der Waals surface area (Å²) in [4.78, 5) is 11.5.